The topological polar surface area (TPSA) is 86.6 Å². The molecule has 1 aromatic rings. The van der Waals surface area contributed by atoms with Crippen molar-refractivity contribution < 1.29 is 19.8 Å². The van der Waals surface area contributed by atoms with E-state index in [9.17, 15) is 9.59 Å². The van der Waals surface area contributed by atoms with Gasteiger partial charge in [-0.1, -0.05) is 24.3 Å². The molecule has 3 N–H and O–H groups in total. The summed E-state index contributed by atoms with van der Waals surface area (Å²) >= 11 is 3.29. The summed E-state index contributed by atoms with van der Waals surface area (Å²) in [7, 11) is 0. The van der Waals surface area contributed by atoms with E-state index < -0.39 is 18.0 Å². The van der Waals surface area contributed by atoms with E-state index in [-0.39, 0.29) is 16.5 Å². The molecule has 2 aliphatic heterocycles. The van der Waals surface area contributed by atoms with Crippen LogP contribution in [0.3, 0.4) is 0 Å². The van der Waals surface area contributed by atoms with Crippen LogP contribution in [0.5, 0.6) is 0 Å². The molecule has 0 saturated carbocycles. The number of aliphatic carboxylic acids is 2. The number of hydrogen-bond acceptors (Lipinski definition) is 5. The van der Waals surface area contributed by atoms with E-state index in [0.29, 0.717) is 17.9 Å². The third-order valence-corrected chi connectivity index (χ3v) is 6.77. The van der Waals surface area contributed by atoms with Crippen molar-refractivity contribution in [2.75, 3.05) is 11.5 Å². The Morgan fingerprint density at radius 1 is 1.00 bits per heavy atom. The maximum atomic E-state index is 11.0. The second-order valence-electron chi connectivity index (χ2n) is 5.53. The minimum absolute atomic E-state index is 0.0122. The highest BCUT2D eigenvalue weighted by Crippen LogP contribution is 2.43. The molecule has 7 heteroatoms. The first-order valence-electron chi connectivity index (χ1n) is 7.09. The van der Waals surface area contributed by atoms with Crippen molar-refractivity contribution in [1.82, 2.24) is 5.32 Å². The van der Waals surface area contributed by atoms with Gasteiger partial charge in [-0.05, 0) is 17.5 Å². The lowest BCUT2D eigenvalue weighted by Gasteiger charge is -2.14. The molecule has 22 heavy (non-hydrogen) atoms. The van der Waals surface area contributed by atoms with E-state index in [4.69, 9.17) is 10.2 Å². The molecular weight excluding hydrogens is 322 g/mol. The van der Waals surface area contributed by atoms with Gasteiger partial charge in [0.25, 0.3) is 0 Å². The van der Waals surface area contributed by atoms with Gasteiger partial charge in [0, 0.05) is 16.8 Å². The molecule has 0 spiro atoms. The number of carboxylic acid groups (broad SMARTS) is 2. The first-order valence-corrected chi connectivity index (χ1v) is 9.19. The summed E-state index contributed by atoms with van der Waals surface area (Å²) in [5.41, 5.74) is 2.21. The normalized spacial score (nSPS) is 31.3. The largest absolute Gasteiger partial charge is 0.481 e. The fourth-order valence-corrected chi connectivity index (χ4v) is 5.42. The Morgan fingerprint density at radius 3 is 2.23 bits per heavy atom. The van der Waals surface area contributed by atoms with Gasteiger partial charge in [0.2, 0.25) is 0 Å². The van der Waals surface area contributed by atoms with E-state index in [2.05, 4.69) is 5.32 Å². The third kappa shape index (κ3) is 3.26. The Balaban J connectivity index is 1.64. The first kappa shape index (κ1) is 15.7. The van der Waals surface area contributed by atoms with Crippen LogP contribution in [-0.2, 0) is 9.59 Å². The molecule has 1 aromatic carbocycles. The number of hydrogen-bond donors (Lipinski definition) is 3. The fraction of sp³-hybridized carbons (Fsp3) is 0.467. The standard InChI is InChI=1S/C15H17NO4S2/c17-14(18)10-5-12(21-6-10)8-1-3-9(4-2-8)13-16-11(7-22-13)15(19)20/h1-4,10-13,16H,5-7H2,(H,17,18)(H,19,20). The molecule has 0 radical (unpaired) electrons. The Kier molecular flexibility index (Phi) is 4.65. The van der Waals surface area contributed by atoms with Gasteiger partial charge in [-0.15, -0.1) is 11.8 Å². The zero-order valence-corrected chi connectivity index (χ0v) is 13.4. The van der Waals surface area contributed by atoms with Crippen molar-refractivity contribution in [3.8, 4) is 0 Å². The summed E-state index contributed by atoms with van der Waals surface area (Å²) in [5, 5.41) is 21.4. The van der Waals surface area contributed by atoms with Crippen LogP contribution >= 0.6 is 23.5 Å². The smallest absolute Gasteiger partial charge is 0.321 e. The number of nitrogens with one attached hydrogen (secondary N) is 1. The monoisotopic (exact) mass is 339 g/mol. The molecule has 0 aromatic heterocycles. The Labute approximate surface area is 136 Å². The molecule has 0 amide bonds. The van der Waals surface area contributed by atoms with Gasteiger partial charge in [0.15, 0.2) is 0 Å². The van der Waals surface area contributed by atoms with Gasteiger partial charge in [0.05, 0.1) is 11.3 Å². The van der Waals surface area contributed by atoms with Crippen LogP contribution in [0.1, 0.15) is 28.2 Å². The van der Waals surface area contributed by atoms with Crippen molar-refractivity contribution in [2.24, 2.45) is 5.92 Å². The molecule has 4 atom stereocenters. The lowest BCUT2D eigenvalue weighted by atomic mass is 10.0. The van der Waals surface area contributed by atoms with Crippen molar-refractivity contribution in [3.05, 3.63) is 35.4 Å². The minimum atomic E-state index is -0.811. The second-order valence-corrected chi connectivity index (χ2v) is 7.90. The molecule has 2 fully saturated rings. The molecule has 0 bridgehead atoms. The van der Waals surface area contributed by atoms with Gasteiger partial charge in [0.1, 0.15) is 6.04 Å². The van der Waals surface area contributed by atoms with Gasteiger partial charge in [-0.3, -0.25) is 14.9 Å². The molecule has 118 valence electrons. The van der Waals surface area contributed by atoms with Crippen LogP contribution in [0.2, 0.25) is 0 Å². The number of carboxylic acids is 2. The number of rotatable bonds is 4. The molecule has 2 saturated heterocycles. The molecule has 2 heterocycles. The summed E-state index contributed by atoms with van der Waals surface area (Å²) in [6.45, 7) is 0. The van der Waals surface area contributed by atoms with E-state index in [1.54, 1.807) is 23.5 Å². The fourth-order valence-electron chi connectivity index (χ4n) is 2.72. The minimum Gasteiger partial charge on any atom is -0.481 e. The third-order valence-electron chi connectivity index (χ3n) is 4.04. The van der Waals surface area contributed by atoms with Gasteiger partial charge < -0.3 is 10.2 Å². The summed E-state index contributed by atoms with van der Waals surface area (Å²) in [6.07, 6.45) is 0.677. The molecule has 4 unspecified atom stereocenters. The highest BCUT2D eigenvalue weighted by Gasteiger charge is 2.32. The quantitative estimate of drug-likeness (QED) is 0.776. The van der Waals surface area contributed by atoms with Crippen molar-refractivity contribution in [1.29, 1.82) is 0 Å². The second kappa shape index (κ2) is 6.52. The summed E-state index contributed by atoms with van der Waals surface area (Å²) in [6, 6.07) is 7.61. The van der Waals surface area contributed by atoms with E-state index >= 15 is 0 Å². The van der Waals surface area contributed by atoms with Crippen LogP contribution in [0.25, 0.3) is 0 Å². The highest BCUT2D eigenvalue weighted by molar-refractivity contribution is 8.00. The van der Waals surface area contributed by atoms with Crippen molar-refractivity contribution in [2.45, 2.75) is 23.1 Å². The molecule has 3 rings (SSSR count). The van der Waals surface area contributed by atoms with Crippen LogP contribution in [0.4, 0.5) is 0 Å². The molecular formula is C15H17NO4S2. The van der Waals surface area contributed by atoms with Gasteiger partial charge >= 0.3 is 11.9 Å². The summed E-state index contributed by atoms with van der Waals surface area (Å²) in [5.74, 6) is -0.535. The Bertz CT molecular complexity index is 526. The van der Waals surface area contributed by atoms with Crippen LogP contribution < -0.4 is 5.32 Å². The summed E-state index contributed by atoms with van der Waals surface area (Å²) < 4.78 is 0. The van der Waals surface area contributed by atoms with Crippen LogP contribution in [0.15, 0.2) is 24.3 Å². The number of benzene rings is 1. The SMILES string of the molecule is O=C(O)C1CSC(c2ccc(C3NC(C(=O)O)CS3)cc2)C1. The van der Waals surface area contributed by atoms with Crippen molar-refractivity contribution in [3.63, 3.8) is 0 Å². The highest BCUT2D eigenvalue weighted by atomic mass is 32.2. The van der Waals surface area contributed by atoms with Gasteiger partial charge in [-0.2, -0.15) is 11.8 Å². The lowest BCUT2D eigenvalue weighted by Crippen LogP contribution is -2.33. The first-order chi connectivity index (χ1) is 10.5. The van der Waals surface area contributed by atoms with E-state index in [0.717, 1.165) is 11.1 Å². The van der Waals surface area contributed by atoms with Crippen molar-refractivity contribution >= 4 is 35.5 Å². The predicted octanol–water partition coefficient (Wildman–Crippen LogP) is 2.35. The Morgan fingerprint density at radius 2 is 1.68 bits per heavy atom. The van der Waals surface area contributed by atoms with E-state index in [1.165, 1.54) is 0 Å². The van der Waals surface area contributed by atoms with E-state index in [1.807, 2.05) is 24.3 Å². The lowest BCUT2D eigenvalue weighted by molar-refractivity contribution is -0.141. The predicted molar refractivity (Wildman–Crippen MR) is 87.1 cm³/mol. The zero-order chi connectivity index (χ0) is 15.7. The molecule has 0 aliphatic carbocycles. The average Bonchev–Trinajstić information content (AvgIpc) is 3.17. The Hall–Kier alpha value is -1.18. The van der Waals surface area contributed by atoms with Crippen LogP contribution in [0, 0.1) is 5.92 Å². The van der Waals surface area contributed by atoms with Gasteiger partial charge in [-0.25, -0.2) is 0 Å². The summed E-state index contributed by atoms with van der Waals surface area (Å²) in [4.78, 5) is 22.0. The zero-order valence-electron chi connectivity index (χ0n) is 11.8. The molecule has 2 aliphatic rings. The number of thioether (sulfide) groups is 2. The number of carbonyl (C=O) groups is 2. The van der Waals surface area contributed by atoms with Crippen LogP contribution in [-0.4, -0.2) is 39.7 Å². The maximum Gasteiger partial charge on any atom is 0.321 e. The molecule has 5 nitrogen and oxygen atoms in total. The average molecular weight is 339 g/mol. The maximum absolute atomic E-state index is 11.0.